The molecule has 0 N–H and O–H groups in total. The highest BCUT2D eigenvalue weighted by Gasteiger charge is 2.48. The molecule has 0 aliphatic carbocycles. The maximum atomic E-state index is 7.09. The Balaban J connectivity index is 1.30. The monoisotopic (exact) mass is 689 g/mol. The normalized spacial score (nSPS) is 19.1. The molecule has 6 aromatic carbocycles. The quantitative estimate of drug-likeness (QED) is 0.101. The molecule has 0 spiro atoms. The molecule has 6 aromatic rings. The number of piperidine rings is 1. The molecule has 1 aliphatic heterocycles. The van der Waals surface area contributed by atoms with Crippen LogP contribution >= 0.6 is 0 Å². The van der Waals surface area contributed by atoms with Gasteiger partial charge in [-0.3, -0.25) is 4.90 Å². The molecule has 1 saturated heterocycles. The van der Waals surface area contributed by atoms with Crippen LogP contribution in [-0.4, -0.2) is 42.4 Å². The zero-order valence-corrected chi connectivity index (χ0v) is 29.5. The molecule has 1 fully saturated rings. The van der Waals surface area contributed by atoms with Gasteiger partial charge in [0.05, 0.1) is 51.2 Å². The number of likely N-dealkylation sites (tertiary alicyclic amines) is 1. The summed E-state index contributed by atoms with van der Waals surface area (Å²) in [5, 5.41) is 0. The summed E-state index contributed by atoms with van der Waals surface area (Å²) in [6, 6.07) is 62.7. The van der Waals surface area contributed by atoms with Crippen molar-refractivity contribution >= 4 is 0 Å². The first-order valence-corrected chi connectivity index (χ1v) is 18.3. The Morgan fingerprint density at radius 1 is 0.423 bits per heavy atom. The van der Waals surface area contributed by atoms with Crippen molar-refractivity contribution in [3.05, 3.63) is 215 Å². The zero-order chi connectivity index (χ0) is 35.2. The fourth-order valence-corrected chi connectivity index (χ4v) is 7.14. The fraction of sp³-hybridized carbons (Fsp3) is 0.234. The van der Waals surface area contributed by atoms with Crippen molar-refractivity contribution in [1.29, 1.82) is 0 Å². The van der Waals surface area contributed by atoms with Crippen LogP contribution in [0.25, 0.3) is 0 Å². The lowest BCUT2D eigenvalue weighted by Gasteiger charge is -2.51. The Bertz CT molecular complexity index is 1820. The van der Waals surface area contributed by atoms with Crippen molar-refractivity contribution < 1.29 is 18.9 Å². The predicted octanol–water partition coefficient (Wildman–Crippen LogP) is 9.43. The van der Waals surface area contributed by atoms with Gasteiger partial charge in [0.25, 0.3) is 0 Å². The molecule has 7 rings (SSSR count). The minimum absolute atomic E-state index is 0.0755. The zero-order valence-electron chi connectivity index (χ0n) is 29.5. The minimum Gasteiger partial charge on any atom is -0.375 e. The molecule has 0 amide bonds. The summed E-state index contributed by atoms with van der Waals surface area (Å²) in [6.07, 6.45) is -1.06. The number of ether oxygens (including phenoxy) is 4. The number of rotatable bonds is 16. The first-order valence-electron chi connectivity index (χ1n) is 18.3. The van der Waals surface area contributed by atoms with E-state index in [4.69, 9.17) is 18.9 Å². The van der Waals surface area contributed by atoms with Crippen LogP contribution in [0.4, 0.5) is 0 Å². The molecule has 1 heterocycles. The molecule has 0 radical (unpaired) electrons. The summed E-state index contributed by atoms with van der Waals surface area (Å²) in [5.41, 5.74) is 6.87. The Labute approximate surface area is 308 Å². The van der Waals surface area contributed by atoms with Crippen LogP contribution in [0.3, 0.4) is 0 Å². The largest absolute Gasteiger partial charge is 0.375 e. The second-order valence-electron chi connectivity index (χ2n) is 13.3. The first-order chi connectivity index (χ1) is 25.8. The van der Waals surface area contributed by atoms with Gasteiger partial charge in [-0.1, -0.05) is 182 Å². The van der Waals surface area contributed by atoms with Crippen molar-refractivity contribution in [2.75, 3.05) is 13.2 Å². The second-order valence-corrected chi connectivity index (χ2v) is 13.3. The molecule has 0 bridgehead atoms. The third-order valence-electron chi connectivity index (χ3n) is 9.73. The average Bonchev–Trinajstić information content (AvgIpc) is 3.22. The molecule has 1 aliphatic rings. The summed E-state index contributed by atoms with van der Waals surface area (Å²) < 4.78 is 27.7. The lowest BCUT2D eigenvalue weighted by Crippen LogP contribution is -2.65. The van der Waals surface area contributed by atoms with Crippen LogP contribution in [0.15, 0.2) is 182 Å². The lowest BCUT2D eigenvalue weighted by atomic mass is 9.87. The van der Waals surface area contributed by atoms with Gasteiger partial charge in [0, 0.05) is 6.54 Å². The van der Waals surface area contributed by atoms with Crippen LogP contribution in [0.2, 0.25) is 0 Å². The van der Waals surface area contributed by atoms with Crippen LogP contribution < -0.4 is 0 Å². The van der Waals surface area contributed by atoms with E-state index in [1.54, 1.807) is 0 Å². The first kappa shape index (κ1) is 35.5. The number of benzene rings is 6. The summed E-state index contributed by atoms with van der Waals surface area (Å²) >= 11 is 0. The molecule has 264 valence electrons. The van der Waals surface area contributed by atoms with Crippen molar-refractivity contribution in [1.82, 2.24) is 4.90 Å². The highest BCUT2D eigenvalue weighted by atomic mass is 16.6. The van der Waals surface area contributed by atoms with Crippen LogP contribution in [0, 0.1) is 0 Å². The Morgan fingerprint density at radius 2 is 0.788 bits per heavy atom. The van der Waals surface area contributed by atoms with Gasteiger partial charge < -0.3 is 18.9 Å². The van der Waals surface area contributed by atoms with Crippen molar-refractivity contribution in [2.24, 2.45) is 0 Å². The van der Waals surface area contributed by atoms with E-state index in [2.05, 4.69) is 163 Å². The smallest absolute Gasteiger partial charge is 0.113 e. The van der Waals surface area contributed by atoms with Gasteiger partial charge >= 0.3 is 0 Å². The van der Waals surface area contributed by atoms with E-state index in [1.807, 2.05) is 24.3 Å². The molecule has 5 heteroatoms. The molecule has 5 nitrogen and oxygen atoms in total. The van der Waals surface area contributed by atoms with E-state index in [1.165, 1.54) is 11.1 Å². The fourth-order valence-electron chi connectivity index (χ4n) is 7.14. The molecule has 0 aromatic heterocycles. The van der Waals surface area contributed by atoms with E-state index in [-0.39, 0.29) is 30.4 Å². The topological polar surface area (TPSA) is 40.2 Å². The maximum Gasteiger partial charge on any atom is 0.113 e. The molecular weight excluding hydrogens is 643 g/mol. The third kappa shape index (κ3) is 9.51. The average molecular weight is 690 g/mol. The van der Waals surface area contributed by atoms with E-state index in [0.29, 0.717) is 39.6 Å². The van der Waals surface area contributed by atoms with Gasteiger partial charge in [0.1, 0.15) is 12.2 Å². The molecular formula is C47H47NO4. The van der Waals surface area contributed by atoms with Crippen molar-refractivity contribution in [3.8, 4) is 0 Å². The van der Waals surface area contributed by atoms with E-state index in [9.17, 15) is 0 Å². The number of hydrogen-bond donors (Lipinski definition) is 0. The van der Waals surface area contributed by atoms with Gasteiger partial charge in [-0.05, 0) is 33.4 Å². The molecule has 52 heavy (non-hydrogen) atoms. The number of nitrogens with zero attached hydrogens (tertiary/aromatic N) is 1. The SMILES string of the molecule is c1ccc(COCC2C(OCc3ccccc3)C(OCc3ccccc3)C(OCc3ccccc3)CN2C(c2ccccc2)c2ccccc2)cc1. The number of hydrogen-bond acceptors (Lipinski definition) is 5. The summed E-state index contributed by atoms with van der Waals surface area (Å²) in [4.78, 5) is 2.54. The summed E-state index contributed by atoms with van der Waals surface area (Å²) in [7, 11) is 0. The summed E-state index contributed by atoms with van der Waals surface area (Å²) in [5.74, 6) is 0. The Hall–Kier alpha value is -4.88. The Kier molecular flexibility index (Phi) is 12.7. The van der Waals surface area contributed by atoms with E-state index < -0.39 is 0 Å². The molecule has 0 saturated carbocycles. The van der Waals surface area contributed by atoms with Crippen LogP contribution in [-0.2, 0) is 45.4 Å². The molecule has 4 unspecified atom stereocenters. The van der Waals surface area contributed by atoms with Gasteiger partial charge in [0.15, 0.2) is 0 Å². The summed E-state index contributed by atoms with van der Waals surface area (Å²) in [6.45, 7) is 2.91. The highest BCUT2D eigenvalue weighted by molar-refractivity contribution is 5.33. The predicted molar refractivity (Wildman–Crippen MR) is 206 cm³/mol. The van der Waals surface area contributed by atoms with Gasteiger partial charge in [-0.25, -0.2) is 0 Å². The van der Waals surface area contributed by atoms with Crippen LogP contribution in [0.5, 0.6) is 0 Å². The standard InChI is InChI=1S/C47H47NO4/c1-7-19-37(20-8-1)32-49-36-43-46(51-34-39-23-11-3-12-24-39)47(52-35-40-25-13-4-14-26-40)44(50-33-38-21-9-2-10-22-38)31-48(43)45(41-27-15-5-16-28-41)42-29-17-6-18-30-42/h1-30,43-47H,31-36H2. The maximum absolute atomic E-state index is 7.09. The van der Waals surface area contributed by atoms with Crippen molar-refractivity contribution in [2.45, 2.75) is 56.8 Å². The molecule has 4 atom stereocenters. The van der Waals surface area contributed by atoms with E-state index in [0.717, 1.165) is 22.3 Å². The highest BCUT2D eigenvalue weighted by Crippen LogP contribution is 2.38. The van der Waals surface area contributed by atoms with Gasteiger partial charge in [-0.15, -0.1) is 0 Å². The minimum atomic E-state index is -0.385. The van der Waals surface area contributed by atoms with E-state index >= 15 is 0 Å². The van der Waals surface area contributed by atoms with Gasteiger partial charge in [-0.2, -0.15) is 0 Å². The van der Waals surface area contributed by atoms with Gasteiger partial charge in [0.2, 0.25) is 0 Å². The second kappa shape index (κ2) is 18.6. The van der Waals surface area contributed by atoms with Crippen LogP contribution in [0.1, 0.15) is 39.4 Å². The third-order valence-corrected chi connectivity index (χ3v) is 9.73. The van der Waals surface area contributed by atoms with Crippen molar-refractivity contribution in [3.63, 3.8) is 0 Å². The Morgan fingerprint density at radius 3 is 1.23 bits per heavy atom. The lowest BCUT2D eigenvalue weighted by molar-refractivity contribution is -0.215.